The summed E-state index contributed by atoms with van der Waals surface area (Å²) in [5, 5.41) is 2.39. The lowest BCUT2D eigenvalue weighted by Gasteiger charge is -2.08. The molecule has 2 rings (SSSR count). The number of carbonyl (C=O) groups is 1. The quantitative estimate of drug-likeness (QED) is 0.398. The first kappa shape index (κ1) is 17.6. The molecule has 13 heteroatoms. The number of thiazole rings is 1. The molecule has 0 atom stereocenters. The van der Waals surface area contributed by atoms with Gasteiger partial charge in [0.2, 0.25) is 5.91 Å². The zero-order valence-electron chi connectivity index (χ0n) is 11.9. The summed E-state index contributed by atoms with van der Waals surface area (Å²) in [6.07, 6.45) is 2.22. The van der Waals surface area contributed by atoms with Crippen LogP contribution in [0.5, 0.6) is 0 Å². The molecule has 0 saturated carbocycles. The molecule has 0 aromatic carbocycles. The molecule has 0 spiro atoms. The van der Waals surface area contributed by atoms with Crippen LogP contribution in [0.15, 0.2) is 33.9 Å². The number of nitrogens with one attached hydrogen (secondary N) is 2. The Balaban J connectivity index is 2.14. The Morgan fingerprint density at radius 1 is 1.38 bits per heavy atom. The highest BCUT2D eigenvalue weighted by atomic mass is 32.2. The van der Waals surface area contributed by atoms with E-state index in [0.29, 0.717) is 0 Å². The number of rotatable bonds is 6. The summed E-state index contributed by atoms with van der Waals surface area (Å²) < 4.78 is 40.4. The molecule has 10 nitrogen and oxygen atoms in total. The number of amides is 1. The number of hydrogen-bond donors (Lipinski definition) is 4. The number of anilines is 2. The van der Waals surface area contributed by atoms with Crippen molar-refractivity contribution in [3.8, 4) is 0 Å². The SMILES string of the molecule is NC(N)=NCC(=O)Nc1ncc(S(=O)(=O)Nc2cncs2)cc1F. The number of pyridine rings is 1. The van der Waals surface area contributed by atoms with Crippen molar-refractivity contribution in [3.63, 3.8) is 0 Å². The normalized spacial score (nSPS) is 10.9. The Kier molecular flexibility index (Phi) is 5.25. The third-order valence-corrected chi connectivity index (χ3v) is 4.61. The van der Waals surface area contributed by atoms with Crippen molar-refractivity contribution >= 4 is 44.0 Å². The highest BCUT2D eigenvalue weighted by Crippen LogP contribution is 2.21. The average molecular weight is 373 g/mol. The number of halogens is 1. The van der Waals surface area contributed by atoms with Gasteiger partial charge in [0.05, 0.1) is 17.9 Å². The van der Waals surface area contributed by atoms with E-state index in [2.05, 4.69) is 25.0 Å². The molecule has 0 aliphatic heterocycles. The van der Waals surface area contributed by atoms with Gasteiger partial charge >= 0.3 is 0 Å². The van der Waals surface area contributed by atoms with Crippen LogP contribution >= 0.6 is 11.3 Å². The monoisotopic (exact) mass is 373 g/mol. The fourth-order valence-electron chi connectivity index (χ4n) is 1.45. The van der Waals surface area contributed by atoms with Crippen LogP contribution in [-0.4, -0.2) is 36.8 Å². The molecule has 1 amide bonds. The number of aliphatic imine (C=N–C) groups is 1. The Bertz CT molecular complexity index is 864. The van der Waals surface area contributed by atoms with Gasteiger partial charge in [-0.25, -0.2) is 22.8 Å². The molecular weight excluding hydrogens is 361 g/mol. The minimum absolute atomic E-state index is 0.269. The molecule has 2 aromatic rings. The van der Waals surface area contributed by atoms with Crippen LogP contribution in [0.3, 0.4) is 0 Å². The fraction of sp³-hybridized carbons (Fsp3) is 0.0909. The molecule has 0 fully saturated rings. The van der Waals surface area contributed by atoms with Crippen LogP contribution in [0, 0.1) is 5.82 Å². The van der Waals surface area contributed by atoms with Gasteiger partial charge in [-0.15, -0.1) is 11.3 Å². The molecule has 0 saturated heterocycles. The Labute approximate surface area is 139 Å². The predicted octanol–water partition coefficient (Wildman–Crippen LogP) is -0.310. The number of sulfonamides is 1. The molecule has 0 unspecified atom stereocenters. The summed E-state index contributed by atoms with van der Waals surface area (Å²) >= 11 is 1.06. The largest absolute Gasteiger partial charge is 0.370 e. The van der Waals surface area contributed by atoms with Crippen LogP contribution in [0.1, 0.15) is 0 Å². The van der Waals surface area contributed by atoms with Gasteiger partial charge in [0.15, 0.2) is 17.6 Å². The maximum atomic E-state index is 14.0. The highest BCUT2D eigenvalue weighted by molar-refractivity contribution is 7.93. The van der Waals surface area contributed by atoms with E-state index in [1.54, 1.807) is 0 Å². The van der Waals surface area contributed by atoms with Crippen molar-refractivity contribution in [2.75, 3.05) is 16.6 Å². The molecule has 2 aromatic heterocycles. The number of carbonyl (C=O) groups excluding carboxylic acids is 1. The molecule has 6 N–H and O–H groups in total. The van der Waals surface area contributed by atoms with Crippen molar-refractivity contribution in [1.29, 1.82) is 0 Å². The van der Waals surface area contributed by atoms with Gasteiger partial charge in [0.25, 0.3) is 10.0 Å². The van der Waals surface area contributed by atoms with Crippen molar-refractivity contribution in [2.24, 2.45) is 16.5 Å². The van der Waals surface area contributed by atoms with Gasteiger partial charge in [-0.1, -0.05) is 0 Å². The maximum absolute atomic E-state index is 14.0. The number of nitrogens with two attached hydrogens (primary N) is 2. The molecule has 0 bridgehead atoms. The second-order valence-electron chi connectivity index (χ2n) is 4.26. The molecule has 0 radical (unpaired) electrons. The maximum Gasteiger partial charge on any atom is 0.264 e. The Hall–Kier alpha value is -2.80. The van der Waals surface area contributed by atoms with Gasteiger partial charge in [0, 0.05) is 0 Å². The van der Waals surface area contributed by atoms with Crippen LogP contribution in [0.4, 0.5) is 15.2 Å². The van der Waals surface area contributed by atoms with E-state index >= 15 is 0 Å². The average Bonchev–Trinajstić information content (AvgIpc) is 2.99. The predicted molar refractivity (Wildman–Crippen MR) is 86.4 cm³/mol. The summed E-state index contributed by atoms with van der Waals surface area (Å²) in [6, 6.07) is 0.729. The van der Waals surface area contributed by atoms with Gasteiger partial charge < -0.3 is 16.8 Å². The summed E-state index contributed by atoms with van der Waals surface area (Å²) in [5.41, 5.74) is 11.6. The van der Waals surface area contributed by atoms with Crippen molar-refractivity contribution in [3.05, 3.63) is 29.8 Å². The number of aromatic nitrogens is 2. The Morgan fingerprint density at radius 3 is 2.71 bits per heavy atom. The highest BCUT2D eigenvalue weighted by Gasteiger charge is 2.19. The van der Waals surface area contributed by atoms with E-state index in [1.165, 1.54) is 11.7 Å². The van der Waals surface area contributed by atoms with Crippen LogP contribution in [0.25, 0.3) is 0 Å². The second kappa shape index (κ2) is 7.18. The Morgan fingerprint density at radius 2 is 2.12 bits per heavy atom. The van der Waals surface area contributed by atoms with Gasteiger partial charge in [-0.05, 0) is 6.07 Å². The van der Waals surface area contributed by atoms with Crippen molar-refractivity contribution < 1.29 is 17.6 Å². The number of nitrogens with zero attached hydrogens (tertiary/aromatic N) is 3. The minimum Gasteiger partial charge on any atom is -0.370 e. The topological polar surface area (TPSA) is 165 Å². The lowest BCUT2D eigenvalue weighted by atomic mass is 10.4. The minimum atomic E-state index is -4.02. The smallest absolute Gasteiger partial charge is 0.264 e. The van der Waals surface area contributed by atoms with Gasteiger partial charge in [-0.2, -0.15) is 0 Å². The standard InChI is InChI=1S/C11H12FN7O3S2/c12-7-1-6(24(21,22)19-9-4-15-5-23-9)2-16-10(7)18-8(20)3-17-11(13)14/h1-2,4-5,19H,3H2,(H4,13,14,17)(H,16,18,20). The van der Waals surface area contributed by atoms with Crippen LogP contribution < -0.4 is 21.5 Å². The molecule has 0 aliphatic carbocycles. The number of hydrogen-bond acceptors (Lipinski definition) is 7. The van der Waals surface area contributed by atoms with Gasteiger partial charge in [-0.3, -0.25) is 14.5 Å². The zero-order valence-corrected chi connectivity index (χ0v) is 13.6. The summed E-state index contributed by atoms with van der Waals surface area (Å²) in [6.45, 7) is -0.420. The van der Waals surface area contributed by atoms with E-state index in [0.717, 1.165) is 23.6 Å². The first-order chi connectivity index (χ1) is 11.3. The third-order valence-electron chi connectivity index (χ3n) is 2.46. The van der Waals surface area contributed by atoms with Crippen LogP contribution in [0.2, 0.25) is 0 Å². The fourth-order valence-corrected chi connectivity index (χ4v) is 3.22. The molecule has 2 heterocycles. The van der Waals surface area contributed by atoms with E-state index in [9.17, 15) is 17.6 Å². The second-order valence-corrected chi connectivity index (χ2v) is 6.83. The van der Waals surface area contributed by atoms with Crippen molar-refractivity contribution in [1.82, 2.24) is 9.97 Å². The molecule has 24 heavy (non-hydrogen) atoms. The third kappa shape index (κ3) is 4.60. The van der Waals surface area contributed by atoms with E-state index in [-0.39, 0.29) is 11.0 Å². The first-order valence-corrected chi connectivity index (χ1v) is 8.56. The molecular formula is C11H12FN7O3S2. The lowest BCUT2D eigenvalue weighted by molar-refractivity contribution is -0.114. The summed E-state index contributed by atoms with van der Waals surface area (Å²) in [5.74, 6) is -2.48. The van der Waals surface area contributed by atoms with E-state index in [4.69, 9.17) is 11.5 Å². The first-order valence-electron chi connectivity index (χ1n) is 6.20. The van der Waals surface area contributed by atoms with Gasteiger partial charge in [0.1, 0.15) is 16.4 Å². The van der Waals surface area contributed by atoms with E-state index in [1.807, 2.05) is 0 Å². The number of guanidine groups is 1. The van der Waals surface area contributed by atoms with E-state index < -0.39 is 39.0 Å². The molecule has 128 valence electrons. The van der Waals surface area contributed by atoms with Crippen molar-refractivity contribution in [2.45, 2.75) is 4.90 Å². The summed E-state index contributed by atoms with van der Waals surface area (Å²) in [7, 11) is -4.02. The van der Waals surface area contributed by atoms with Crippen LogP contribution in [-0.2, 0) is 14.8 Å². The summed E-state index contributed by atoms with van der Waals surface area (Å²) in [4.78, 5) is 21.8. The zero-order chi connectivity index (χ0) is 17.7. The molecule has 0 aliphatic rings. The lowest BCUT2D eigenvalue weighted by Crippen LogP contribution is -2.26.